The van der Waals surface area contributed by atoms with Crippen molar-refractivity contribution in [2.75, 3.05) is 6.61 Å². The third kappa shape index (κ3) is 3.04. The zero-order chi connectivity index (χ0) is 12.1. The van der Waals surface area contributed by atoms with Gasteiger partial charge in [0.15, 0.2) is 0 Å². The molecule has 1 saturated heterocycles. The Morgan fingerprint density at radius 1 is 1.35 bits per heavy atom. The molecule has 17 heavy (non-hydrogen) atoms. The lowest BCUT2D eigenvalue weighted by Gasteiger charge is -2.22. The molecule has 0 saturated carbocycles. The zero-order valence-corrected chi connectivity index (χ0v) is 10.6. The van der Waals surface area contributed by atoms with Crippen LogP contribution in [0.5, 0.6) is 0 Å². The molecule has 5 nitrogen and oxygen atoms in total. The lowest BCUT2D eigenvalue weighted by atomic mass is 10.0. The Kier molecular flexibility index (Phi) is 4.50. The Bertz CT molecular complexity index is 344. The molecule has 1 aromatic heterocycles. The minimum absolute atomic E-state index is 0.409. The first-order valence-corrected chi connectivity index (χ1v) is 6.57. The van der Waals surface area contributed by atoms with Crippen molar-refractivity contribution in [1.29, 1.82) is 0 Å². The monoisotopic (exact) mass is 238 g/mol. The number of nitrogens with zero attached hydrogens (tertiary/aromatic N) is 3. The van der Waals surface area contributed by atoms with Crippen molar-refractivity contribution < 1.29 is 4.74 Å². The molecule has 1 unspecified atom stereocenters. The number of hydrogen-bond donors (Lipinski definition) is 1. The molecule has 1 aliphatic rings. The van der Waals surface area contributed by atoms with Crippen molar-refractivity contribution >= 4 is 0 Å². The molecule has 0 aromatic carbocycles. The van der Waals surface area contributed by atoms with E-state index in [4.69, 9.17) is 10.5 Å². The highest BCUT2D eigenvalue weighted by Crippen LogP contribution is 2.17. The summed E-state index contributed by atoms with van der Waals surface area (Å²) in [6.07, 6.45) is 6.07. The second kappa shape index (κ2) is 6.12. The number of nitrogens with two attached hydrogens (primary N) is 1. The maximum absolute atomic E-state index is 5.72. The number of ether oxygens (including phenoxy) is 1. The van der Waals surface area contributed by atoms with Crippen LogP contribution >= 0.6 is 0 Å². The lowest BCUT2D eigenvalue weighted by Crippen LogP contribution is -2.20. The van der Waals surface area contributed by atoms with E-state index in [1.165, 1.54) is 19.3 Å². The molecule has 2 N–H and O–H groups in total. The van der Waals surface area contributed by atoms with Crippen LogP contribution in [0, 0.1) is 0 Å². The molecule has 1 aliphatic heterocycles. The summed E-state index contributed by atoms with van der Waals surface area (Å²) in [7, 11) is 0. The molecule has 0 aliphatic carbocycles. The van der Waals surface area contributed by atoms with Gasteiger partial charge in [-0.2, -0.15) is 0 Å². The average Bonchev–Trinajstić information content (AvgIpc) is 2.79. The smallest absolute Gasteiger partial charge is 0.146 e. The number of aromatic nitrogens is 3. The van der Waals surface area contributed by atoms with Gasteiger partial charge < -0.3 is 15.0 Å². The van der Waals surface area contributed by atoms with Gasteiger partial charge in [0.25, 0.3) is 0 Å². The van der Waals surface area contributed by atoms with E-state index in [9.17, 15) is 0 Å². The Morgan fingerprint density at radius 2 is 2.18 bits per heavy atom. The fourth-order valence-electron chi connectivity index (χ4n) is 2.40. The summed E-state index contributed by atoms with van der Waals surface area (Å²) in [6.45, 7) is 4.36. The molecule has 5 heteroatoms. The van der Waals surface area contributed by atoms with E-state index in [1.54, 1.807) is 0 Å². The van der Waals surface area contributed by atoms with Crippen LogP contribution in [0.1, 0.15) is 44.3 Å². The molecule has 2 rings (SSSR count). The lowest BCUT2D eigenvalue weighted by molar-refractivity contribution is 0.0111. The SMILES string of the molecule is CCn1c(CN)nnc1CCC1CCCCO1. The first-order valence-electron chi connectivity index (χ1n) is 6.57. The van der Waals surface area contributed by atoms with Crippen LogP contribution in [0.4, 0.5) is 0 Å². The van der Waals surface area contributed by atoms with Gasteiger partial charge in [0.1, 0.15) is 11.6 Å². The second-order valence-corrected chi connectivity index (χ2v) is 4.51. The number of hydrogen-bond acceptors (Lipinski definition) is 4. The molecular formula is C12H22N4O. The maximum atomic E-state index is 5.72. The molecule has 0 radical (unpaired) electrons. The number of rotatable bonds is 5. The second-order valence-electron chi connectivity index (χ2n) is 4.51. The van der Waals surface area contributed by atoms with E-state index in [1.807, 2.05) is 0 Å². The van der Waals surface area contributed by atoms with Crippen molar-refractivity contribution in [2.45, 2.75) is 58.2 Å². The van der Waals surface area contributed by atoms with Crippen molar-refractivity contribution in [2.24, 2.45) is 5.73 Å². The zero-order valence-electron chi connectivity index (χ0n) is 10.6. The highest BCUT2D eigenvalue weighted by molar-refractivity contribution is 4.96. The summed E-state index contributed by atoms with van der Waals surface area (Å²) in [5.41, 5.74) is 5.63. The van der Waals surface area contributed by atoms with Gasteiger partial charge in [-0.05, 0) is 32.6 Å². The minimum Gasteiger partial charge on any atom is -0.378 e. The highest BCUT2D eigenvalue weighted by atomic mass is 16.5. The summed E-state index contributed by atoms with van der Waals surface area (Å²) in [4.78, 5) is 0. The van der Waals surface area contributed by atoms with Crippen LogP contribution in [0.25, 0.3) is 0 Å². The summed E-state index contributed by atoms with van der Waals surface area (Å²) in [5.74, 6) is 1.93. The number of aryl methyl sites for hydroxylation is 1. The van der Waals surface area contributed by atoms with Gasteiger partial charge in [-0.25, -0.2) is 0 Å². The third-order valence-electron chi connectivity index (χ3n) is 3.37. The van der Waals surface area contributed by atoms with Gasteiger partial charge in [0, 0.05) is 19.6 Å². The van der Waals surface area contributed by atoms with E-state index < -0.39 is 0 Å². The third-order valence-corrected chi connectivity index (χ3v) is 3.37. The van der Waals surface area contributed by atoms with Gasteiger partial charge in [0.05, 0.1) is 12.6 Å². The predicted molar refractivity (Wildman–Crippen MR) is 65.5 cm³/mol. The molecule has 2 heterocycles. The van der Waals surface area contributed by atoms with Crippen molar-refractivity contribution in [3.05, 3.63) is 11.6 Å². The van der Waals surface area contributed by atoms with E-state index >= 15 is 0 Å². The fraction of sp³-hybridized carbons (Fsp3) is 0.833. The van der Waals surface area contributed by atoms with Crippen LogP contribution in [-0.2, 0) is 24.2 Å². The Labute approximate surface area is 102 Å². The van der Waals surface area contributed by atoms with E-state index in [0.717, 1.165) is 37.6 Å². The first kappa shape index (κ1) is 12.5. The molecule has 1 aromatic rings. The van der Waals surface area contributed by atoms with Gasteiger partial charge in [-0.15, -0.1) is 10.2 Å². The highest BCUT2D eigenvalue weighted by Gasteiger charge is 2.16. The predicted octanol–water partition coefficient (Wildman–Crippen LogP) is 1.26. The molecule has 1 atom stereocenters. The standard InChI is InChI=1S/C12H22N4O/c1-2-16-11(14-15-12(16)9-13)7-6-10-5-3-4-8-17-10/h10H,2-9,13H2,1H3. The molecule has 0 spiro atoms. The molecular weight excluding hydrogens is 216 g/mol. The van der Waals surface area contributed by atoms with E-state index in [2.05, 4.69) is 21.7 Å². The van der Waals surface area contributed by atoms with E-state index in [0.29, 0.717) is 12.6 Å². The Hall–Kier alpha value is -0.940. The van der Waals surface area contributed by atoms with E-state index in [-0.39, 0.29) is 0 Å². The summed E-state index contributed by atoms with van der Waals surface area (Å²) >= 11 is 0. The largest absolute Gasteiger partial charge is 0.378 e. The Balaban J connectivity index is 1.91. The van der Waals surface area contributed by atoms with Crippen LogP contribution in [-0.4, -0.2) is 27.5 Å². The van der Waals surface area contributed by atoms with Gasteiger partial charge in [-0.1, -0.05) is 0 Å². The summed E-state index contributed by atoms with van der Waals surface area (Å²) < 4.78 is 7.84. The quantitative estimate of drug-likeness (QED) is 0.838. The molecule has 0 amide bonds. The van der Waals surface area contributed by atoms with Gasteiger partial charge >= 0.3 is 0 Å². The maximum Gasteiger partial charge on any atom is 0.146 e. The topological polar surface area (TPSA) is 66.0 Å². The summed E-state index contributed by atoms with van der Waals surface area (Å²) in [6, 6.07) is 0. The normalized spacial score (nSPS) is 20.7. The van der Waals surface area contributed by atoms with Gasteiger partial charge in [0.2, 0.25) is 0 Å². The van der Waals surface area contributed by atoms with Crippen molar-refractivity contribution in [3.8, 4) is 0 Å². The summed E-state index contributed by atoms with van der Waals surface area (Å²) in [5, 5.41) is 8.34. The van der Waals surface area contributed by atoms with Crippen LogP contribution < -0.4 is 5.73 Å². The Morgan fingerprint density at radius 3 is 2.82 bits per heavy atom. The van der Waals surface area contributed by atoms with Crippen molar-refractivity contribution in [1.82, 2.24) is 14.8 Å². The van der Waals surface area contributed by atoms with Crippen molar-refractivity contribution in [3.63, 3.8) is 0 Å². The molecule has 96 valence electrons. The van der Waals surface area contributed by atoms with Gasteiger partial charge in [-0.3, -0.25) is 0 Å². The minimum atomic E-state index is 0.409. The average molecular weight is 238 g/mol. The molecule has 0 bridgehead atoms. The molecule has 1 fully saturated rings. The van der Waals surface area contributed by atoms with Crippen LogP contribution in [0.15, 0.2) is 0 Å². The van der Waals surface area contributed by atoms with Crippen LogP contribution in [0.2, 0.25) is 0 Å². The van der Waals surface area contributed by atoms with Crippen LogP contribution in [0.3, 0.4) is 0 Å². The first-order chi connectivity index (χ1) is 8.35. The fourth-order valence-corrected chi connectivity index (χ4v) is 2.40.